The Morgan fingerprint density at radius 2 is 2.00 bits per heavy atom. The highest BCUT2D eigenvalue weighted by molar-refractivity contribution is 5.96. The molecule has 0 aliphatic carbocycles. The summed E-state index contributed by atoms with van der Waals surface area (Å²) in [5, 5.41) is 11.9. The second kappa shape index (κ2) is 6.56. The molecule has 0 spiro atoms. The summed E-state index contributed by atoms with van der Waals surface area (Å²) in [5.74, 6) is 0.0321. The van der Waals surface area contributed by atoms with Crippen molar-refractivity contribution in [3.05, 3.63) is 59.9 Å². The number of pyridine rings is 1. The summed E-state index contributed by atoms with van der Waals surface area (Å²) in [7, 11) is 0. The molecule has 0 amide bonds. The van der Waals surface area contributed by atoms with Crippen LogP contribution in [0.25, 0.3) is 0 Å². The number of amidine groups is 1. The molecule has 0 fully saturated rings. The van der Waals surface area contributed by atoms with Gasteiger partial charge in [-0.1, -0.05) is 29.4 Å². The summed E-state index contributed by atoms with van der Waals surface area (Å²) in [6.07, 6.45) is 1.63. The number of hydrogen-bond donors (Lipinski definition) is 2. The molecule has 3 N–H and O–H groups in total. The van der Waals surface area contributed by atoms with Crippen LogP contribution < -0.4 is 10.6 Å². The zero-order chi connectivity index (χ0) is 14.4. The zero-order valence-electron chi connectivity index (χ0n) is 11.4. The summed E-state index contributed by atoms with van der Waals surface area (Å²) in [5.41, 5.74) is 8.24. The number of oxime groups is 1. The van der Waals surface area contributed by atoms with E-state index in [1.807, 2.05) is 30.3 Å². The van der Waals surface area contributed by atoms with Gasteiger partial charge in [0, 0.05) is 30.5 Å². The first-order chi connectivity index (χ1) is 9.76. The van der Waals surface area contributed by atoms with Crippen molar-refractivity contribution in [2.24, 2.45) is 10.9 Å². The maximum absolute atomic E-state index is 8.83. The molecule has 1 aromatic carbocycles. The fourth-order valence-electron chi connectivity index (χ4n) is 2.07. The third-order valence-electron chi connectivity index (χ3n) is 3.11. The second-order valence-corrected chi connectivity index (χ2v) is 4.35. The molecular formula is C15H18N4O. The minimum Gasteiger partial charge on any atom is -0.409 e. The number of benzene rings is 1. The van der Waals surface area contributed by atoms with Crippen LogP contribution in [-0.4, -0.2) is 22.6 Å². The maximum atomic E-state index is 8.83. The smallest absolute Gasteiger partial charge is 0.189 e. The molecule has 20 heavy (non-hydrogen) atoms. The summed E-state index contributed by atoms with van der Waals surface area (Å²) in [6.45, 7) is 3.60. The van der Waals surface area contributed by atoms with E-state index >= 15 is 0 Å². The number of hydrogen-bond acceptors (Lipinski definition) is 4. The third kappa shape index (κ3) is 3.06. The Labute approximate surface area is 118 Å². The van der Waals surface area contributed by atoms with E-state index in [-0.39, 0.29) is 5.84 Å². The molecule has 1 heterocycles. The van der Waals surface area contributed by atoms with E-state index in [1.165, 1.54) is 0 Å². The lowest BCUT2D eigenvalue weighted by atomic mass is 10.1. The highest BCUT2D eigenvalue weighted by Crippen LogP contribution is 2.17. The summed E-state index contributed by atoms with van der Waals surface area (Å²) in [4.78, 5) is 6.39. The number of nitrogens with zero attached hydrogens (tertiary/aromatic N) is 3. The van der Waals surface area contributed by atoms with E-state index < -0.39 is 0 Å². The molecule has 5 heteroatoms. The number of aromatic nitrogens is 1. The van der Waals surface area contributed by atoms with Crippen LogP contribution in [0, 0.1) is 0 Å². The zero-order valence-corrected chi connectivity index (χ0v) is 11.4. The van der Waals surface area contributed by atoms with Crippen LogP contribution in [0.2, 0.25) is 0 Å². The fourth-order valence-corrected chi connectivity index (χ4v) is 2.07. The van der Waals surface area contributed by atoms with Crippen LogP contribution >= 0.6 is 0 Å². The molecule has 104 valence electrons. The van der Waals surface area contributed by atoms with Crippen LogP contribution in [0.3, 0.4) is 0 Å². The Kier molecular flexibility index (Phi) is 4.55. The lowest BCUT2D eigenvalue weighted by Crippen LogP contribution is -2.25. The van der Waals surface area contributed by atoms with Gasteiger partial charge in [0.1, 0.15) is 5.69 Å². The van der Waals surface area contributed by atoms with Crippen LogP contribution in [0.4, 0.5) is 5.69 Å². The van der Waals surface area contributed by atoms with E-state index in [2.05, 4.69) is 34.1 Å². The summed E-state index contributed by atoms with van der Waals surface area (Å²) >= 11 is 0. The molecular weight excluding hydrogens is 252 g/mol. The van der Waals surface area contributed by atoms with Crippen LogP contribution in [0.15, 0.2) is 53.8 Å². The van der Waals surface area contributed by atoms with Gasteiger partial charge in [-0.2, -0.15) is 0 Å². The van der Waals surface area contributed by atoms with Crippen molar-refractivity contribution in [3.8, 4) is 0 Å². The monoisotopic (exact) mass is 270 g/mol. The van der Waals surface area contributed by atoms with Gasteiger partial charge in [0.15, 0.2) is 5.84 Å². The Bertz CT molecular complexity index is 583. The van der Waals surface area contributed by atoms with Crippen molar-refractivity contribution in [3.63, 3.8) is 0 Å². The minimum absolute atomic E-state index is 0.0321. The molecule has 0 atom stereocenters. The van der Waals surface area contributed by atoms with Gasteiger partial charge < -0.3 is 15.8 Å². The van der Waals surface area contributed by atoms with Crippen LogP contribution in [0.5, 0.6) is 0 Å². The van der Waals surface area contributed by atoms with Gasteiger partial charge in [-0.15, -0.1) is 0 Å². The SMILES string of the molecule is CCN(Cc1cccnc1C(N)=NO)c1ccccc1. The predicted molar refractivity (Wildman–Crippen MR) is 79.9 cm³/mol. The molecule has 1 aromatic heterocycles. The number of rotatable bonds is 5. The molecule has 2 rings (SSSR count). The predicted octanol–water partition coefficient (Wildman–Crippen LogP) is 2.20. The van der Waals surface area contributed by atoms with Crippen molar-refractivity contribution in [1.29, 1.82) is 0 Å². The first-order valence-corrected chi connectivity index (χ1v) is 6.48. The van der Waals surface area contributed by atoms with Gasteiger partial charge in [-0.05, 0) is 25.1 Å². The molecule has 0 aliphatic heterocycles. The van der Waals surface area contributed by atoms with Gasteiger partial charge in [-0.25, -0.2) is 0 Å². The fraction of sp³-hybridized carbons (Fsp3) is 0.200. The van der Waals surface area contributed by atoms with Crippen molar-refractivity contribution in [2.45, 2.75) is 13.5 Å². The highest BCUT2D eigenvalue weighted by Gasteiger charge is 2.12. The normalized spacial score (nSPS) is 11.3. The Hall–Kier alpha value is -2.56. The topological polar surface area (TPSA) is 74.7 Å². The Morgan fingerprint density at radius 3 is 2.65 bits per heavy atom. The molecule has 5 nitrogen and oxygen atoms in total. The maximum Gasteiger partial charge on any atom is 0.189 e. The number of para-hydroxylation sites is 1. The Balaban J connectivity index is 2.29. The standard InChI is InChI=1S/C15H18N4O/c1-2-19(13-8-4-3-5-9-13)11-12-7-6-10-17-14(12)15(16)18-20/h3-10,20H,2,11H2,1H3,(H2,16,18). The first kappa shape index (κ1) is 13.9. The molecule has 0 unspecified atom stereocenters. The average Bonchev–Trinajstić information content (AvgIpc) is 2.53. The van der Waals surface area contributed by atoms with Gasteiger partial charge in [0.2, 0.25) is 0 Å². The van der Waals surface area contributed by atoms with Gasteiger partial charge >= 0.3 is 0 Å². The molecule has 0 saturated carbocycles. The molecule has 2 aromatic rings. The van der Waals surface area contributed by atoms with Crippen LogP contribution in [-0.2, 0) is 6.54 Å². The van der Waals surface area contributed by atoms with E-state index in [0.717, 1.165) is 17.8 Å². The van der Waals surface area contributed by atoms with E-state index in [9.17, 15) is 0 Å². The second-order valence-electron chi connectivity index (χ2n) is 4.35. The van der Waals surface area contributed by atoms with E-state index in [4.69, 9.17) is 10.9 Å². The quantitative estimate of drug-likeness (QED) is 0.378. The average molecular weight is 270 g/mol. The minimum atomic E-state index is 0.0321. The number of anilines is 1. The van der Waals surface area contributed by atoms with Crippen LogP contribution in [0.1, 0.15) is 18.2 Å². The Morgan fingerprint density at radius 1 is 1.25 bits per heavy atom. The lowest BCUT2D eigenvalue weighted by molar-refractivity contribution is 0.318. The van der Waals surface area contributed by atoms with Crippen molar-refractivity contribution >= 4 is 11.5 Å². The first-order valence-electron chi connectivity index (χ1n) is 6.48. The summed E-state index contributed by atoms with van der Waals surface area (Å²) < 4.78 is 0. The van der Waals surface area contributed by atoms with Crippen molar-refractivity contribution < 1.29 is 5.21 Å². The van der Waals surface area contributed by atoms with E-state index in [1.54, 1.807) is 6.20 Å². The number of nitrogens with two attached hydrogens (primary N) is 1. The molecule has 0 radical (unpaired) electrons. The van der Waals surface area contributed by atoms with Gasteiger partial charge in [0.25, 0.3) is 0 Å². The molecule has 0 bridgehead atoms. The summed E-state index contributed by atoms with van der Waals surface area (Å²) in [6, 6.07) is 13.9. The van der Waals surface area contributed by atoms with Gasteiger partial charge in [-0.3, -0.25) is 4.98 Å². The van der Waals surface area contributed by atoms with Crippen molar-refractivity contribution in [1.82, 2.24) is 4.98 Å². The highest BCUT2D eigenvalue weighted by atomic mass is 16.4. The molecule has 0 saturated heterocycles. The third-order valence-corrected chi connectivity index (χ3v) is 3.11. The molecule has 0 aliphatic rings. The van der Waals surface area contributed by atoms with E-state index in [0.29, 0.717) is 12.2 Å². The largest absolute Gasteiger partial charge is 0.409 e. The lowest BCUT2D eigenvalue weighted by Gasteiger charge is -2.24. The van der Waals surface area contributed by atoms with Gasteiger partial charge in [0.05, 0.1) is 0 Å². The van der Waals surface area contributed by atoms with Crippen molar-refractivity contribution in [2.75, 3.05) is 11.4 Å².